The van der Waals surface area contributed by atoms with E-state index in [4.69, 9.17) is 10.9 Å². The highest BCUT2D eigenvalue weighted by Gasteiger charge is 2.34. The minimum Gasteiger partial charge on any atom is -0.409 e. The predicted octanol–water partition coefficient (Wildman–Crippen LogP) is 1.94. The number of likely N-dealkylation sites (tertiary alicyclic amines) is 1. The van der Waals surface area contributed by atoms with Crippen molar-refractivity contribution in [3.05, 3.63) is 29.6 Å². The zero-order valence-corrected chi connectivity index (χ0v) is 11.7. The Morgan fingerprint density at radius 3 is 3.10 bits per heavy atom. The van der Waals surface area contributed by atoms with Crippen LogP contribution in [0.5, 0.6) is 0 Å². The molecule has 1 aromatic rings. The van der Waals surface area contributed by atoms with Crippen LogP contribution in [0.3, 0.4) is 0 Å². The summed E-state index contributed by atoms with van der Waals surface area (Å²) in [4.78, 5) is 6.74. The lowest BCUT2D eigenvalue weighted by Crippen LogP contribution is -2.41. The molecule has 0 aromatic carbocycles. The second-order valence-electron chi connectivity index (χ2n) is 5.91. The first-order valence-electron chi connectivity index (χ1n) is 7.45. The molecule has 0 spiro atoms. The van der Waals surface area contributed by atoms with Crippen molar-refractivity contribution in [1.29, 1.82) is 0 Å². The van der Waals surface area contributed by atoms with Crippen LogP contribution in [0.2, 0.25) is 0 Å². The fourth-order valence-electron chi connectivity index (χ4n) is 3.75. The smallest absolute Gasteiger partial charge is 0.188 e. The standard InChI is InChI=1S/C15H22N4O/c16-15(18-20)13-9-11(6-7-17-13)10-19-8-2-4-12-3-1-5-14(12)19/h6-7,9,12,14,20H,1-5,8,10H2,(H2,16,18). The van der Waals surface area contributed by atoms with Gasteiger partial charge in [-0.05, 0) is 55.8 Å². The fourth-order valence-corrected chi connectivity index (χ4v) is 3.75. The van der Waals surface area contributed by atoms with E-state index in [0.29, 0.717) is 5.69 Å². The summed E-state index contributed by atoms with van der Waals surface area (Å²) >= 11 is 0. The summed E-state index contributed by atoms with van der Waals surface area (Å²) in [5.41, 5.74) is 7.34. The third-order valence-electron chi connectivity index (χ3n) is 4.69. The molecule has 3 rings (SSSR count). The number of oxime groups is 1. The van der Waals surface area contributed by atoms with Gasteiger partial charge in [-0.25, -0.2) is 0 Å². The Balaban J connectivity index is 1.74. The van der Waals surface area contributed by atoms with Crippen LogP contribution in [0.4, 0.5) is 0 Å². The molecule has 0 radical (unpaired) electrons. The quantitative estimate of drug-likeness (QED) is 0.382. The van der Waals surface area contributed by atoms with Crippen molar-refractivity contribution in [2.45, 2.75) is 44.7 Å². The van der Waals surface area contributed by atoms with Crippen LogP contribution in [-0.2, 0) is 6.54 Å². The van der Waals surface area contributed by atoms with Crippen LogP contribution >= 0.6 is 0 Å². The molecule has 5 heteroatoms. The topological polar surface area (TPSA) is 74.7 Å². The molecule has 2 atom stereocenters. The summed E-state index contributed by atoms with van der Waals surface area (Å²) < 4.78 is 0. The Bertz CT molecular complexity index is 502. The average Bonchev–Trinajstić information content (AvgIpc) is 2.96. The van der Waals surface area contributed by atoms with Crippen molar-refractivity contribution in [3.8, 4) is 0 Å². The average molecular weight is 274 g/mol. The van der Waals surface area contributed by atoms with Crippen molar-refractivity contribution in [2.75, 3.05) is 6.54 Å². The SMILES string of the molecule is NC(=NO)c1cc(CN2CCCC3CCCC32)ccn1. The minimum absolute atomic E-state index is 0.0734. The molecule has 20 heavy (non-hydrogen) atoms. The summed E-state index contributed by atoms with van der Waals surface area (Å²) in [7, 11) is 0. The van der Waals surface area contributed by atoms with Gasteiger partial charge in [-0.2, -0.15) is 0 Å². The van der Waals surface area contributed by atoms with Gasteiger partial charge in [0.25, 0.3) is 0 Å². The van der Waals surface area contributed by atoms with Gasteiger partial charge < -0.3 is 10.9 Å². The molecule has 2 fully saturated rings. The zero-order chi connectivity index (χ0) is 13.9. The molecule has 1 aliphatic carbocycles. The molecule has 3 N–H and O–H groups in total. The molecule has 2 heterocycles. The Labute approximate surface area is 119 Å². The number of fused-ring (bicyclic) bond motifs is 1. The first-order valence-corrected chi connectivity index (χ1v) is 7.45. The van der Waals surface area contributed by atoms with Gasteiger partial charge in [-0.1, -0.05) is 11.6 Å². The highest BCUT2D eigenvalue weighted by molar-refractivity contribution is 5.95. The van der Waals surface area contributed by atoms with E-state index in [9.17, 15) is 0 Å². The van der Waals surface area contributed by atoms with Crippen LogP contribution in [0.1, 0.15) is 43.4 Å². The summed E-state index contributed by atoms with van der Waals surface area (Å²) in [6.45, 7) is 2.12. The predicted molar refractivity (Wildman–Crippen MR) is 77.5 cm³/mol. The van der Waals surface area contributed by atoms with Gasteiger partial charge in [0.2, 0.25) is 0 Å². The lowest BCUT2D eigenvalue weighted by molar-refractivity contribution is 0.106. The fraction of sp³-hybridized carbons (Fsp3) is 0.600. The number of pyridine rings is 1. The number of nitrogens with zero attached hydrogens (tertiary/aromatic N) is 3. The van der Waals surface area contributed by atoms with Crippen LogP contribution < -0.4 is 5.73 Å². The Kier molecular flexibility index (Phi) is 3.87. The number of rotatable bonds is 3. The maximum Gasteiger partial charge on any atom is 0.188 e. The number of piperidine rings is 1. The highest BCUT2D eigenvalue weighted by Crippen LogP contribution is 2.37. The highest BCUT2D eigenvalue weighted by atomic mass is 16.4. The third-order valence-corrected chi connectivity index (χ3v) is 4.69. The molecular formula is C15H22N4O. The number of aromatic nitrogens is 1. The van der Waals surface area contributed by atoms with E-state index < -0.39 is 0 Å². The molecule has 2 aliphatic rings. The first-order chi connectivity index (χ1) is 9.78. The van der Waals surface area contributed by atoms with Gasteiger partial charge >= 0.3 is 0 Å². The molecule has 1 aromatic heterocycles. The van der Waals surface area contributed by atoms with Crippen LogP contribution in [0.25, 0.3) is 0 Å². The van der Waals surface area contributed by atoms with E-state index in [1.54, 1.807) is 6.20 Å². The Morgan fingerprint density at radius 1 is 1.40 bits per heavy atom. The summed E-state index contributed by atoms with van der Waals surface area (Å²) in [6, 6.07) is 4.70. The first kappa shape index (κ1) is 13.4. The van der Waals surface area contributed by atoms with Crippen LogP contribution in [0.15, 0.2) is 23.5 Å². The van der Waals surface area contributed by atoms with Crippen molar-refractivity contribution >= 4 is 5.84 Å². The van der Waals surface area contributed by atoms with Gasteiger partial charge in [-0.15, -0.1) is 0 Å². The van der Waals surface area contributed by atoms with Gasteiger partial charge in [0.1, 0.15) is 5.69 Å². The largest absolute Gasteiger partial charge is 0.409 e. The number of hydrogen-bond acceptors (Lipinski definition) is 4. The second kappa shape index (κ2) is 5.79. The van der Waals surface area contributed by atoms with E-state index >= 15 is 0 Å². The molecule has 0 amide bonds. The maximum atomic E-state index is 8.74. The zero-order valence-electron chi connectivity index (χ0n) is 11.7. The lowest BCUT2D eigenvalue weighted by Gasteiger charge is -2.37. The van der Waals surface area contributed by atoms with Crippen molar-refractivity contribution in [1.82, 2.24) is 9.88 Å². The number of nitrogens with two attached hydrogens (primary N) is 1. The van der Waals surface area contributed by atoms with E-state index in [2.05, 4.69) is 15.0 Å². The van der Waals surface area contributed by atoms with Crippen LogP contribution in [0, 0.1) is 5.92 Å². The Morgan fingerprint density at radius 2 is 2.25 bits per heavy atom. The van der Waals surface area contributed by atoms with Crippen LogP contribution in [-0.4, -0.2) is 33.5 Å². The number of amidine groups is 1. The molecule has 1 saturated heterocycles. The molecular weight excluding hydrogens is 252 g/mol. The third kappa shape index (κ3) is 2.63. The van der Waals surface area contributed by atoms with E-state index in [-0.39, 0.29) is 5.84 Å². The number of hydrogen-bond donors (Lipinski definition) is 2. The monoisotopic (exact) mass is 274 g/mol. The molecule has 0 bridgehead atoms. The molecule has 1 aliphatic heterocycles. The maximum absolute atomic E-state index is 8.74. The van der Waals surface area contributed by atoms with E-state index in [1.807, 2.05) is 12.1 Å². The molecule has 2 unspecified atom stereocenters. The van der Waals surface area contributed by atoms with Crippen molar-refractivity contribution in [2.24, 2.45) is 16.8 Å². The summed E-state index contributed by atoms with van der Waals surface area (Å²) in [5.74, 6) is 0.971. The van der Waals surface area contributed by atoms with E-state index in [0.717, 1.165) is 18.5 Å². The van der Waals surface area contributed by atoms with Gasteiger partial charge in [0.15, 0.2) is 5.84 Å². The normalized spacial score (nSPS) is 27.5. The van der Waals surface area contributed by atoms with Gasteiger partial charge in [-0.3, -0.25) is 9.88 Å². The summed E-state index contributed by atoms with van der Waals surface area (Å²) in [6.07, 6.45) is 8.54. The lowest BCUT2D eigenvalue weighted by atomic mass is 9.91. The van der Waals surface area contributed by atoms with E-state index in [1.165, 1.54) is 44.2 Å². The molecule has 108 valence electrons. The molecule has 1 saturated carbocycles. The van der Waals surface area contributed by atoms with Crippen molar-refractivity contribution in [3.63, 3.8) is 0 Å². The second-order valence-corrected chi connectivity index (χ2v) is 5.91. The molecule has 5 nitrogen and oxygen atoms in total. The van der Waals surface area contributed by atoms with Gasteiger partial charge in [0, 0.05) is 18.8 Å². The minimum atomic E-state index is 0.0734. The van der Waals surface area contributed by atoms with Crippen molar-refractivity contribution < 1.29 is 5.21 Å². The summed E-state index contributed by atoms with van der Waals surface area (Å²) in [5, 5.41) is 11.8. The van der Waals surface area contributed by atoms with Gasteiger partial charge in [0.05, 0.1) is 0 Å². The Hall–Kier alpha value is -1.62.